The van der Waals surface area contributed by atoms with Crippen molar-refractivity contribution >= 4 is 11.3 Å². The van der Waals surface area contributed by atoms with Gasteiger partial charge in [-0.25, -0.2) is 4.68 Å². The summed E-state index contributed by atoms with van der Waals surface area (Å²) >= 11 is 1.55. The van der Waals surface area contributed by atoms with Crippen molar-refractivity contribution in [3.63, 3.8) is 0 Å². The molecule has 0 aliphatic carbocycles. The summed E-state index contributed by atoms with van der Waals surface area (Å²) in [5, 5.41) is 14.2. The molecule has 4 rings (SSSR count). The summed E-state index contributed by atoms with van der Waals surface area (Å²) in [4.78, 5) is 5.30. The Morgan fingerprint density at radius 2 is 2.00 bits per heavy atom. The lowest BCUT2D eigenvalue weighted by Gasteiger charge is -1.98. The first-order valence-electron chi connectivity index (χ1n) is 6.70. The Labute approximate surface area is 130 Å². The Morgan fingerprint density at radius 1 is 1.09 bits per heavy atom. The molecule has 0 fully saturated rings. The maximum absolute atomic E-state index is 5.26. The van der Waals surface area contributed by atoms with E-state index in [9.17, 15) is 0 Å². The van der Waals surface area contributed by atoms with Crippen molar-refractivity contribution in [1.29, 1.82) is 0 Å². The SMILES string of the molecule is c1ccc(Cn2cc(-c3noc(-c4cccs4)n3)nn2)cc1. The molecule has 22 heavy (non-hydrogen) atoms. The largest absolute Gasteiger partial charge is 0.333 e. The average Bonchev–Trinajstić information content (AvgIpc) is 3.29. The van der Waals surface area contributed by atoms with Crippen LogP contribution in [0.25, 0.3) is 22.3 Å². The monoisotopic (exact) mass is 309 g/mol. The van der Waals surface area contributed by atoms with E-state index in [0.717, 1.165) is 10.4 Å². The van der Waals surface area contributed by atoms with E-state index in [0.29, 0.717) is 24.0 Å². The molecule has 0 bridgehead atoms. The quantitative estimate of drug-likeness (QED) is 0.579. The minimum Gasteiger partial charge on any atom is -0.333 e. The predicted octanol–water partition coefficient (Wildman–Crippen LogP) is 3.10. The first kappa shape index (κ1) is 12.9. The van der Waals surface area contributed by atoms with Crippen LogP contribution in [0.5, 0.6) is 0 Å². The second-order valence-electron chi connectivity index (χ2n) is 4.69. The van der Waals surface area contributed by atoms with Gasteiger partial charge >= 0.3 is 0 Å². The van der Waals surface area contributed by atoms with Gasteiger partial charge < -0.3 is 4.52 Å². The topological polar surface area (TPSA) is 69.6 Å². The molecule has 1 aromatic carbocycles. The van der Waals surface area contributed by atoms with Crippen LogP contribution in [0.2, 0.25) is 0 Å². The van der Waals surface area contributed by atoms with Crippen molar-refractivity contribution in [1.82, 2.24) is 25.1 Å². The number of hydrogen-bond acceptors (Lipinski definition) is 6. The molecule has 0 saturated carbocycles. The molecule has 0 aliphatic rings. The molecule has 7 heteroatoms. The smallest absolute Gasteiger partial charge is 0.268 e. The Bertz CT molecular complexity index is 866. The minimum absolute atomic E-state index is 0.447. The van der Waals surface area contributed by atoms with Crippen molar-refractivity contribution in [2.24, 2.45) is 0 Å². The van der Waals surface area contributed by atoms with E-state index in [1.165, 1.54) is 0 Å². The fraction of sp³-hybridized carbons (Fsp3) is 0.0667. The lowest BCUT2D eigenvalue weighted by molar-refractivity contribution is 0.433. The van der Waals surface area contributed by atoms with Gasteiger partial charge in [-0.15, -0.1) is 16.4 Å². The van der Waals surface area contributed by atoms with Crippen molar-refractivity contribution in [2.45, 2.75) is 6.54 Å². The summed E-state index contributed by atoms with van der Waals surface area (Å²) < 4.78 is 7.02. The maximum Gasteiger partial charge on any atom is 0.268 e. The van der Waals surface area contributed by atoms with Crippen LogP contribution >= 0.6 is 11.3 Å². The van der Waals surface area contributed by atoms with E-state index in [-0.39, 0.29) is 0 Å². The van der Waals surface area contributed by atoms with Gasteiger partial charge in [0.05, 0.1) is 17.6 Å². The highest BCUT2D eigenvalue weighted by Gasteiger charge is 2.14. The van der Waals surface area contributed by atoms with Gasteiger partial charge in [0.2, 0.25) is 5.82 Å². The summed E-state index contributed by atoms with van der Waals surface area (Å²) in [6.07, 6.45) is 1.82. The molecule has 4 aromatic rings. The summed E-state index contributed by atoms with van der Waals surface area (Å²) in [5.41, 5.74) is 1.76. The van der Waals surface area contributed by atoms with Gasteiger partial charge in [0.25, 0.3) is 5.89 Å². The number of hydrogen-bond donors (Lipinski definition) is 0. The second kappa shape index (κ2) is 5.53. The molecule has 0 saturated heterocycles. The number of thiophene rings is 1. The van der Waals surface area contributed by atoms with E-state index >= 15 is 0 Å². The van der Waals surface area contributed by atoms with Crippen LogP contribution in [-0.2, 0) is 6.54 Å². The summed E-state index contributed by atoms with van der Waals surface area (Å²) in [6, 6.07) is 14.0. The molecule has 3 heterocycles. The Balaban J connectivity index is 1.57. The van der Waals surface area contributed by atoms with Crippen LogP contribution in [0.3, 0.4) is 0 Å². The zero-order valence-corrected chi connectivity index (χ0v) is 12.3. The standard InChI is InChI=1S/C15H11N5OS/c1-2-5-11(6-3-1)9-20-10-12(17-19-20)14-16-15(21-18-14)13-7-4-8-22-13/h1-8,10H,9H2. The van der Waals surface area contributed by atoms with Crippen molar-refractivity contribution in [3.8, 4) is 22.3 Å². The summed E-state index contributed by atoms with van der Waals surface area (Å²) in [7, 11) is 0. The van der Waals surface area contributed by atoms with Gasteiger partial charge in [0.15, 0.2) is 5.69 Å². The Hall–Kier alpha value is -2.80. The van der Waals surface area contributed by atoms with Crippen LogP contribution in [-0.4, -0.2) is 25.1 Å². The third kappa shape index (κ3) is 2.53. The van der Waals surface area contributed by atoms with Gasteiger partial charge in [0, 0.05) is 0 Å². The molecule has 0 spiro atoms. The van der Waals surface area contributed by atoms with Gasteiger partial charge in [0.1, 0.15) is 0 Å². The molecule has 0 amide bonds. The van der Waals surface area contributed by atoms with Gasteiger partial charge in [-0.05, 0) is 17.0 Å². The first-order chi connectivity index (χ1) is 10.9. The fourth-order valence-electron chi connectivity index (χ4n) is 2.08. The van der Waals surface area contributed by atoms with Crippen LogP contribution < -0.4 is 0 Å². The molecular weight excluding hydrogens is 298 g/mol. The maximum atomic E-state index is 5.26. The van der Waals surface area contributed by atoms with Crippen LogP contribution in [0.1, 0.15) is 5.56 Å². The number of nitrogens with zero attached hydrogens (tertiary/aromatic N) is 5. The first-order valence-corrected chi connectivity index (χ1v) is 7.58. The highest BCUT2D eigenvalue weighted by Crippen LogP contribution is 2.24. The predicted molar refractivity (Wildman–Crippen MR) is 82.2 cm³/mol. The Morgan fingerprint density at radius 3 is 2.82 bits per heavy atom. The highest BCUT2D eigenvalue weighted by molar-refractivity contribution is 7.13. The number of rotatable bonds is 4. The van der Waals surface area contributed by atoms with Gasteiger partial charge in [-0.2, -0.15) is 4.98 Å². The van der Waals surface area contributed by atoms with Gasteiger partial charge in [-0.3, -0.25) is 0 Å². The third-order valence-corrected chi connectivity index (χ3v) is 3.97. The minimum atomic E-state index is 0.447. The number of aromatic nitrogens is 5. The third-order valence-electron chi connectivity index (χ3n) is 3.11. The molecule has 0 N–H and O–H groups in total. The Kier molecular flexibility index (Phi) is 3.24. The summed E-state index contributed by atoms with van der Waals surface area (Å²) in [6.45, 7) is 0.656. The van der Waals surface area contributed by atoms with E-state index in [4.69, 9.17) is 4.52 Å². The van der Waals surface area contributed by atoms with E-state index in [1.807, 2.05) is 54.0 Å². The lowest BCUT2D eigenvalue weighted by atomic mass is 10.2. The molecular formula is C15H11N5OS. The lowest BCUT2D eigenvalue weighted by Crippen LogP contribution is -1.99. The average molecular weight is 309 g/mol. The second-order valence-corrected chi connectivity index (χ2v) is 5.64. The molecule has 0 aliphatic heterocycles. The van der Waals surface area contributed by atoms with Crippen molar-refractivity contribution < 1.29 is 4.52 Å². The molecule has 3 aromatic heterocycles. The highest BCUT2D eigenvalue weighted by atomic mass is 32.1. The van der Waals surface area contributed by atoms with Crippen LogP contribution in [0, 0.1) is 0 Å². The van der Waals surface area contributed by atoms with Crippen molar-refractivity contribution in [2.75, 3.05) is 0 Å². The molecule has 0 unspecified atom stereocenters. The van der Waals surface area contributed by atoms with E-state index in [2.05, 4.69) is 20.5 Å². The summed E-state index contributed by atoms with van der Waals surface area (Å²) in [5.74, 6) is 0.949. The molecule has 108 valence electrons. The van der Waals surface area contributed by atoms with Gasteiger partial charge in [-0.1, -0.05) is 46.8 Å². The molecule has 0 radical (unpaired) electrons. The fourth-order valence-corrected chi connectivity index (χ4v) is 2.72. The zero-order valence-electron chi connectivity index (χ0n) is 11.5. The van der Waals surface area contributed by atoms with Crippen molar-refractivity contribution in [3.05, 3.63) is 59.6 Å². The van der Waals surface area contributed by atoms with Crippen LogP contribution in [0.15, 0.2) is 58.6 Å². The normalized spacial score (nSPS) is 10.9. The molecule has 0 atom stereocenters. The molecule has 6 nitrogen and oxygen atoms in total. The van der Waals surface area contributed by atoms with E-state index in [1.54, 1.807) is 16.0 Å². The van der Waals surface area contributed by atoms with E-state index < -0.39 is 0 Å². The van der Waals surface area contributed by atoms with Crippen LogP contribution in [0.4, 0.5) is 0 Å². The number of benzene rings is 1. The zero-order chi connectivity index (χ0) is 14.8.